The number of phenolic OH excluding ortho intramolecular Hbond substituents is 1. The fourth-order valence-electron chi connectivity index (χ4n) is 1.26. The van der Waals surface area contributed by atoms with Crippen LogP contribution in [0.2, 0.25) is 0 Å². The Morgan fingerprint density at radius 3 is 2.56 bits per heavy atom. The molecular formula is C11H6ClN3O3. The molecule has 0 spiro atoms. The van der Waals surface area contributed by atoms with Crippen molar-refractivity contribution in [3.05, 3.63) is 38.9 Å². The molecule has 0 saturated carbocycles. The van der Waals surface area contributed by atoms with Gasteiger partial charge in [0.05, 0.1) is 10.8 Å². The van der Waals surface area contributed by atoms with Crippen LogP contribution in [0.3, 0.4) is 0 Å². The zero-order valence-electron chi connectivity index (χ0n) is 8.92. The second-order valence-electron chi connectivity index (χ2n) is 3.22. The minimum Gasteiger partial charge on any atom is -0.507 e. The van der Waals surface area contributed by atoms with Crippen LogP contribution in [0, 0.1) is 32.8 Å². The fraction of sp³-hybridized carbons (Fsp3) is 0.0909. The van der Waals surface area contributed by atoms with Crippen molar-refractivity contribution >= 4 is 23.4 Å². The zero-order valence-corrected chi connectivity index (χ0v) is 9.68. The van der Waals surface area contributed by atoms with Crippen molar-refractivity contribution in [2.45, 2.75) is 5.88 Å². The molecule has 90 valence electrons. The number of alkyl halides is 1. The summed E-state index contributed by atoms with van der Waals surface area (Å²) >= 11 is 5.55. The number of rotatable bonds is 3. The van der Waals surface area contributed by atoms with Crippen molar-refractivity contribution in [2.24, 2.45) is 0 Å². The number of allylic oxidation sites excluding steroid dienone is 1. The number of phenols is 1. The first kappa shape index (κ1) is 13.5. The average molecular weight is 264 g/mol. The first-order chi connectivity index (χ1) is 8.53. The molecule has 0 aliphatic rings. The van der Waals surface area contributed by atoms with Crippen LogP contribution in [0.15, 0.2) is 17.7 Å². The van der Waals surface area contributed by atoms with Gasteiger partial charge in [-0.2, -0.15) is 10.5 Å². The van der Waals surface area contributed by atoms with Gasteiger partial charge < -0.3 is 5.11 Å². The lowest BCUT2D eigenvalue weighted by molar-refractivity contribution is -0.384. The Bertz CT molecular complexity index is 595. The Hall–Kier alpha value is -2.57. The Labute approximate surface area is 107 Å². The molecule has 0 aliphatic heterocycles. The van der Waals surface area contributed by atoms with Crippen molar-refractivity contribution in [3.8, 4) is 17.9 Å². The van der Waals surface area contributed by atoms with Gasteiger partial charge >= 0.3 is 0 Å². The largest absolute Gasteiger partial charge is 0.507 e. The molecule has 7 heteroatoms. The standard InChI is InChI=1S/C11H6ClN3O3/c12-4-9-3-10(15(17)18)2-8(11(9)16)1-7(5-13)6-14/h1-3,16H,4H2. The third-order valence-corrected chi connectivity index (χ3v) is 2.39. The Morgan fingerprint density at radius 1 is 1.50 bits per heavy atom. The molecule has 0 aromatic heterocycles. The maximum Gasteiger partial charge on any atom is 0.270 e. The summed E-state index contributed by atoms with van der Waals surface area (Å²) in [6, 6.07) is 5.41. The van der Waals surface area contributed by atoms with Crippen molar-refractivity contribution in [3.63, 3.8) is 0 Å². The predicted octanol–water partition coefficient (Wildman–Crippen LogP) is 2.47. The maximum atomic E-state index is 10.7. The molecule has 1 N–H and O–H groups in total. The molecule has 0 unspecified atom stereocenters. The number of aromatic hydroxyl groups is 1. The molecule has 0 saturated heterocycles. The molecule has 0 fully saturated rings. The third-order valence-electron chi connectivity index (χ3n) is 2.10. The number of hydrogen-bond donors (Lipinski definition) is 1. The van der Waals surface area contributed by atoms with Crippen molar-refractivity contribution in [2.75, 3.05) is 0 Å². The van der Waals surface area contributed by atoms with E-state index in [0.717, 1.165) is 18.2 Å². The van der Waals surface area contributed by atoms with Crippen LogP contribution in [-0.4, -0.2) is 10.0 Å². The molecule has 1 aromatic rings. The highest BCUT2D eigenvalue weighted by molar-refractivity contribution is 6.17. The highest BCUT2D eigenvalue weighted by Crippen LogP contribution is 2.31. The first-order valence-electron chi connectivity index (χ1n) is 4.61. The lowest BCUT2D eigenvalue weighted by atomic mass is 10.1. The summed E-state index contributed by atoms with van der Waals surface area (Å²) in [6.07, 6.45) is 1.07. The highest BCUT2D eigenvalue weighted by Gasteiger charge is 2.15. The minimum atomic E-state index is -0.648. The summed E-state index contributed by atoms with van der Waals surface area (Å²) in [5.74, 6) is -0.401. The Kier molecular flexibility index (Phi) is 4.25. The lowest BCUT2D eigenvalue weighted by Crippen LogP contribution is -1.92. The van der Waals surface area contributed by atoms with E-state index in [2.05, 4.69) is 0 Å². The quantitative estimate of drug-likeness (QED) is 0.390. The van der Waals surface area contributed by atoms with Crippen LogP contribution in [0.4, 0.5) is 5.69 Å². The van der Waals surface area contributed by atoms with E-state index in [1.54, 1.807) is 12.1 Å². The molecule has 0 bridgehead atoms. The summed E-state index contributed by atoms with van der Waals surface area (Å²) in [5.41, 5.74) is -0.374. The van der Waals surface area contributed by atoms with Gasteiger partial charge in [-0.25, -0.2) is 0 Å². The van der Waals surface area contributed by atoms with Crippen LogP contribution in [0.25, 0.3) is 6.08 Å². The van der Waals surface area contributed by atoms with E-state index in [1.165, 1.54) is 0 Å². The first-order valence-corrected chi connectivity index (χ1v) is 5.15. The minimum absolute atomic E-state index is 0.0120. The highest BCUT2D eigenvalue weighted by atomic mass is 35.5. The van der Waals surface area contributed by atoms with Crippen molar-refractivity contribution in [1.82, 2.24) is 0 Å². The van der Waals surface area contributed by atoms with Crippen molar-refractivity contribution < 1.29 is 10.0 Å². The Morgan fingerprint density at radius 2 is 2.11 bits per heavy atom. The number of hydrogen-bond acceptors (Lipinski definition) is 5. The van der Waals surface area contributed by atoms with Gasteiger partial charge in [0.2, 0.25) is 0 Å². The maximum absolute atomic E-state index is 10.7. The van der Waals surface area contributed by atoms with E-state index < -0.39 is 4.92 Å². The van der Waals surface area contributed by atoms with Gasteiger partial charge in [0, 0.05) is 23.3 Å². The molecule has 0 heterocycles. The van der Waals surface area contributed by atoms with E-state index in [-0.39, 0.29) is 34.0 Å². The number of halogens is 1. The average Bonchev–Trinajstić information content (AvgIpc) is 2.37. The monoisotopic (exact) mass is 263 g/mol. The number of nitrogens with zero attached hydrogens (tertiary/aromatic N) is 3. The van der Waals surface area contributed by atoms with Gasteiger partial charge in [-0.05, 0) is 6.08 Å². The topological polar surface area (TPSA) is 111 Å². The van der Waals surface area contributed by atoms with E-state index in [0.29, 0.717) is 0 Å². The number of benzene rings is 1. The predicted molar refractivity (Wildman–Crippen MR) is 63.5 cm³/mol. The number of nitriles is 2. The second kappa shape index (κ2) is 5.67. The van der Waals surface area contributed by atoms with Gasteiger partial charge in [-0.1, -0.05) is 0 Å². The normalized spacial score (nSPS) is 9.06. The van der Waals surface area contributed by atoms with Gasteiger partial charge in [-0.15, -0.1) is 11.6 Å². The van der Waals surface area contributed by atoms with E-state index >= 15 is 0 Å². The van der Waals surface area contributed by atoms with Gasteiger partial charge in [0.25, 0.3) is 5.69 Å². The molecule has 0 amide bonds. The summed E-state index contributed by atoms with van der Waals surface area (Å²) in [5, 5.41) is 37.7. The second-order valence-corrected chi connectivity index (χ2v) is 3.48. The molecular weight excluding hydrogens is 258 g/mol. The summed E-state index contributed by atoms with van der Waals surface area (Å²) in [6.45, 7) is 0. The van der Waals surface area contributed by atoms with E-state index in [9.17, 15) is 15.2 Å². The van der Waals surface area contributed by atoms with Gasteiger partial charge in [-0.3, -0.25) is 10.1 Å². The van der Waals surface area contributed by atoms with Gasteiger partial charge in [0.1, 0.15) is 23.5 Å². The van der Waals surface area contributed by atoms with Crippen LogP contribution >= 0.6 is 11.6 Å². The summed E-state index contributed by atoms with van der Waals surface area (Å²) in [4.78, 5) is 10.0. The van der Waals surface area contributed by atoms with Crippen LogP contribution in [0.1, 0.15) is 11.1 Å². The number of nitro benzene ring substituents is 1. The summed E-state index contributed by atoms with van der Waals surface area (Å²) < 4.78 is 0. The zero-order chi connectivity index (χ0) is 13.7. The Balaban J connectivity index is 3.49. The number of non-ortho nitro benzene ring substituents is 1. The van der Waals surface area contributed by atoms with Crippen LogP contribution < -0.4 is 0 Å². The summed E-state index contributed by atoms with van der Waals surface area (Å²) in [7, 11) is 0. The molecule has 1 aromatic carbocycles. The van der Waals surface area contributed by atoms with Crippen LogP contribution in [0.5, 0.6) is 5.75 Å². The molecule has 1 rings (SSSR count). The molecule has 0 aliphatic carbocycles. The van der Waals surface area contributed by atoms with Gasteiger partial charge in [0.15, 0.2) is 0 Å². The molecule has 18 heavy (non-hydrogen) atoms. The third kappa shape index (κ3) is 2.76. The molecule has 6 nitrogen and oxygen atoms in total. The smallest absolute Gasteiger partial charge is 0.270 e. The molecule has 0 atom stereocenters. The van der Waals surface area contributed by atoms with E-state index in [1.807, 2.05) is 0 Å². The van der Waals surface area contributed by atoms with Crippen LogP contribution in [-0.2, 0) is 5.88 Å². The van der Waals surface area contributed by atoms with Crippen molar-refractivity contribution in [1.29, 1.82) is 10.5 Å². The molecule has 0 radical (unpaired) electrons. The van der Waals surface area contributed by atoms with E-state index in [4.69, 9.17) is 22.1 Å². The number of nitro groups is 1. The lowest BCUT2D eigenvalue weighted by Gasteiger charge is -2.04. The fourth-order valence-corrected chi connectivity index (χ4v) is 1.47. The SMILES string of the molecule is N#CC(C#N)=Cc1cc([N+](=O)[O-])cc(CCl)c1O.